The monoisotopic (exact) mass is 712 g/mol. The highest BCUT2D eigenvalue weighted by atomic mass is 32.2. The highest BCUT2D eigenvalue weighted by Crippen LogP contribution is 2.39. The third kappa shape index (κ3) is 7.25. The zero-order valence-electron chi connectivity index (χ0n) is 27.6. The minimum absolute atomic E-state index is 0.0896. The van der Waals surface area contributed by atoms with Crippen molar-refractivity contribution in [2.45, 2.75) is 62.3 Å². The number of hydrogen-bond donors (Lipinski definition) is 4. The highest BCUT2D eigenvalue weighted by molar-refractivity contribution is 7.89. The van der Waals surface area contributed by atoms with Gasteiger partial charge in [-0.2, -0.15) is 4.31 Å². The molecule has 10 nitrogen and oxygen atoms in total. The van der Waals surface area contributed by atoms with Gasteiger partial charge in [0.1, 0.15) is 5.00 Å². The Hall–Kier alpha value is -4.36. The van der Waals surface area contributed by atoms with E-state index in [0.29, 0.717) is 35.3 Å². The molecule has 0 spiro atoms. The molecule has 2 fully saturated rings. The summed E-state index contributed by atoms with van der Waals surface area (Å²) in [4.78, 5) is 39.7. The Balaban J connectivity index is 1.04. The normalized spacial score (nSPS) is 19.0. The quantitative estimate of drug-likeness (QED) is 0.158. The molecule has 12 heteroatoms. The Labute approximate surface area is 296 Å². The van der Waals surface area contributed by atoms with E-state index in [-0.39, 0.29) is 28.0 Å². The summed E-state index contributed by atoms with van der Waals surface area (Å²) < 4.78 is 28.8. The maximum absolute atomic E-state index is 13.8. The number of benzene rings is 3. The van der Waals surface area contributed by atoms with Crippen molar-refractivity contribution < 1.29 is 27.9 Å². The SMILES string of the molecule is O=C(O)c1ccc(CCc2ccc(NC(=O)c3c(NC(=O)c4cccc(S(=O)(=O)N5CC6CCCNC6C5)c4)sc4c3CCCC4)cc2)cc1. The van der Waals surface area contributed by atoms with Crippen LogP contribution in [0.15, 0.2) is 77.7 Å². The molecule has 0 bridgehead atoms. The molecule has 50 heavy (non-hydrogen) atoms. The predicted octanol–water partition coefficient (Wildman–Crippen LogP) is 5.99. The molecule has 2 aliphatic heterocycles. The number of hydrogen-bond acceptors (Lipinski definition) is 7. The van der Waals surface area contributed by atoms with E-state index >= 15 is 0 Å². The lowest BCUT2D eigenvalue weighted by Gasteiger charge is -2.24. The molecule has 3 aromatic carbocycles. The number of nitrogens with one attached hydrogen (secondary N) is 3. The van der Waals surface area contributed by atoms with Crippen LogP contribution in [0.2, 0.25) is 0 Å². The van der Waals surface area contributed by atoms with Gasteiger partial charge in [-0.1, -0.05) is 30.3 Å². The molecule has 0 saturated carbocycles. The lowest BCUT2D eigenvalue weighted by molar-refractivity contribution is 0.0696. The lowest BCUT2D eigenvalue weighted by atomic mass is 9.94. The number of sulfonamides is 1. The molecule has 4 N–H and O–H groups in total. The van der Waals surface area contributed by atoms with Crippen molar-refractivity contribution in [2.24, 2.45) is 5.92 Å². The molecule has 1 aromatic heterocycles. The van der Waals surface area contributed by atoms with E-state index in [1.54, 1.807) is 24.3 Å². The van der Waals surface area contributed by atoms with Gasteiger partial charge in [-0.3, -0.25) is 9.59 Å². The van der Waals surface area contributed by atoms with E-state index in [1.165, 1.54) is 27.8 Å². The molecule has 4 aromatic rings. The van der Waals surface area contributed by atoms with Crippen LogP contribution in [0.3, 0.4) is 0 Å². The molecule has 2 atom stereocenters. The summed E-state index contributed by atoms with van der Waals surface area (Å²) >= 11 is 1.42. The minimum atomic E-state index is -3.78. The van der Waals surface area contributed by atoms with Crippen LogP contribution in [-0.2, 0) is 35.7 Å². The highest BCUT2D eigenvalue weighted by Gasteiger charge is 2.40. The van der Waals surface area contributed by atoms with E-state index in [1.807, 2.05) is 36.4 Å². The van der Waals surface area contributed by atoms with Crippen LogP contribution in [0.5, 0.6) is 0 Å². The first-order chi connectivity index (χ1) is 24.2. The standard InChI is InChI=1S/C38H40N4O6S2/c43-35(27-5-3-7-30(21-27)50(47,48)42-22-28-6-4-20-39-32(28)23-42)41-37-34(31-8-1-2-9-33(31)49-37)36(44)40-29-18-14-25(15-19-29)11-10-24-12-16-26(17-13-24)38(45)46/h3,5,7,12-19,21,28,32,39H,1-2,4,6,8-11,20,22-23H2,(H,40,44)(H,41,43)(H,45,46). The van der Waals surface area contributed by atoms with Crippen LogP contribution >= 0.6 is 11.3 Å². The molecular weight excluding hydrogens is 673 g/mol. The second-order valence-electron chi connectivity index (χ2n) is 13.3. The Morgan fingerprint density at radius 2 is 1.56 bits per heavy atom. The van der Waals surface area contributed by atoms with Gasteiger partial charge in [0.2, 0.25) is 10.0 Å². The van der Waals surface area contributed by atoms with Gasteiger partial charge in [0, 0.05) is 35.3 Å². The number of nitrogens with zero attached hydrogens (tertiary/aromatic N) is 1. The topological polar surface area (TPSA) is 145 Å². The number of anilines is 2. The number of carboxylic acid groups (broad SMARTS) is 1. The zero-order valence-corrected chi connectivity index (χ0v) is 29.2. The third-order valence-electron chi connectivity index (χ3n) is 10.0. The van der Waals surface area contributed by atoms with Gasteiger partial charge in [0.15, 0.2) is 0 Å². The Morgan fingerprint density at radius 3 is 2.28 bits per heavy atom. The van der Waals surface area contributed by atoms with E-state index < -0.39 is 21.9 Å². The molecule has 260 valence electrons. The number of fused-ring (bicyclic) bond motifs is 2. The van der Waals surface area contributed by atoms with Crippen molar-refractivity contribution in [3.8, 4) is 0 Å². The van der Waals surface area contributed by atoms with E-state index in [9.17, 15) is 22.8 Å². The van der Waals surface area contributed by atoms with Gasteiger partial charge in [0.05, 0.1) is 16.0 Å². The average molecular weight is 713 g/mol. The van der Waals surface area contributed by atoms with E-state index in [2.05, 4.69) is 16.0 Å². The van der Waals surface area contributed by atoms with Gasteiger partial charge >= 0.3 is 5.97 Å². The number of aromatic carboxylic acids is 1. The minimum Gasteiger partial charge on any atom is -0.478 e. The number of amides is 2. The molecule has 2 amide bonds. The first-order valence-corrected chi connectivity index (χ1v) is 19.4. The maximum Gasteiger partial charge on any atom is 0.335 e. The number of thiophene rings is 1. The van der Waals surface area contributed by atoms with Crippen molar-refractivity contribution >= 4 is 49.8 Å². The third-order valence-corrected chi connectivity index (χ3v) is 13.1. The second-order valence-corrected chi connectivity index (χ2v) is 16.4. The maximum atomic E-state index is 13.8. The number of piperidine rings is 1. The van der Waals surface area contributed by atoms with Crippen LogP contribution < -0.4 is 16.0 Å². The summed E-state index contributed by atoms with van der Waals surface area (Å²) in [6.45, 7) is 1.80. The van der Waals surface area contributed by atoms with Crippen molar-refractivity contribution in [3.63, 3.8) is 0 Å². The van der Waals surface area contributed by atoms with Gasteiger partial charge in [-0.15, -0.1) is 11.3 Å². The fraction of sp³-hybridized carbons (Fsp3) is 0.342. The van der Waals surface area contributed by atoms with E-state index in [4.69, 9.17) is 5.11 Å². The Morgan fingerprint density at radius 1 is 0.840 bits per heavy atom. The molecule has 3 heterocycles. The number of carbonyl (C=O) groups is 3. The van der Waals surface area contributed by atoms with Crippen LogP contribution in [0.1, 0.15) is 78.3 Å². The lowest BCUT2D eigenvalue weighted by Crippen LogP contribution is -2.41. The average Bonchev–Trinajstić information content (AvgIpc) is 3.74. The number of carbonyl (C=O) groups excluding carboxylic acids is 2. The largest absolute Gasteiger partial charge is 0.478 e. The summed E-state index contributed by atoms with van der Waals surface area (Å²) in [6.07, 6.45) is 7.11. The fourth-order valence-corrected chi connectivity index (χ4v) is 10.1. The predicted molar refractivity (Wildman–Crippen MR) is 194 cm³/mol. The van der Waals surface area contributed by atoms with Gasteiger partial charge in [-0.25, -0.2) is 13.2 Å². The first kappa shape index (κ1) is 34.1. The number of rotatable bonds is 10. The number of aryl methyl sites for hydroxylation is 3. The molecule has 7 rings (SSSR count). The molecular formula is C38H40N4O6S2. The van der Waals surface area contributed by atoms with Crippen molar-refractivity contribution in [2.75, 3.05) is 30.3 Å². The summed E-state index contributed by atoms with van der Waals surface area (Å²) in [5.74, 6) is -1.41. The Kier molecular flexibility index (Phi) is 9.87. The zero-order chi connectivity index (χ0) is 34.8. The second kappa shape index (κ2) is 14.5. The summed E-state index contributed by atoms with van der Waals surface area (Å²) in [6, 6.07) is 20.8. The van der Waals surface area contributed by atoms with Crippen LogP contribution in [-0.4, -0.2) is 61.3 Å². The summed E-state index contributed by atoms with van der Waals surface area (Å²) in [5.41, 5.74) is 4.65. The molecule has 3 aliphatic rings. The van der Waals surface area contributed by atoms with Crippen LogP contribution in [0.25, 0.3) is 0 Å². The molecule has 1 aliphatic carbocycles. The fourth-order valence-electron chi connectivity index (χ4n) is 7.27. The van der Waals surface area contributed by atoms with Crippen molar-refractivity contribution in [3.05, 3.63) is 111 Å². The molecule has 2 unspecified atom stereocenters. The molecule has 0 radical (unpaired) electrons. The van der Waals surface area contributed by atoms with Gasteiger partial charge in [0.25, 0.3) is 11.8 Å². The first-order valence-electron chi connectivity index (χ1n) is 17.2. The summed E-state index contributed by atoms with van der Waals surface area (Å²) in [7, 11) is -3.78. The van der Waals surface area contributed by atoms with Crippen LogP contribution in [0, 0.1) is 5.92 Å². The number of carboxylic acids is 1. The summed E-state index contributed by atoms with van der Waals surface area (Å²) in [5, 5.41) is 19.0. The van der Waals surface area contributed by atoms with Gasteiger partial charge in [-0.05, 0) is 123 Å². The van der Waals surface area contributed by atoms with Crippen molar-refractivity contribution in [1.29, 1.82) is 0 Å². The van der Waals surface area contributed by atoms with Crippen molar-refractivity contribution in [1.82, 2.24) is 9.62 Å². The van der Waals surface area contributed by atoms with E-state index in [0.717, 1.165) is 79.5 Å². The van der Waals surface area contributed by atoms with Crippen LogP contribution in [0.4, 0.5) is 10.7 Å². The van der Waals surface area contributed by atoms with Gasteiger partial charge < -0.3 is 21.1 Å². The smallest absolute Gasteiger partial charge is 0.335 e. The molecule has 2 saturated heterocycles. The Bertz CT molecular complexity index is 2010.